The Morgan fingerprint density at radius 1 is 0.641 bits per heavy atom. The van der Waals surface area contributed by atoms with E-state index in [0.717, 1.165) is 16.8 Å². The van der Waals surface area contributed by atoms with Crippen LogP contribution < -0.4 is 21.3 Å². The maximum Gasteiger partial charge on any atom is 0.251 e. The van der Waals surface area contributed by atoms with Crippen LogP contribution in [0.15, 0.2) is 109 Å². The van der Waals surface area contributed by atoms with Gasteiger partial charge in [0.15, 0.2) is 0 Å². The lowest BCUT2D eigenvalue weighted by molar-refractivity contribution is -0.116. The standard InChI is InChI=1S/C32H32N4O3/c1-23(25-10-6-3-7-11-25)34-32(39)26-13-15-27(16-14-26)33-22-31(38)36-29-19-17-28(18-20-29)35-30(37)21-12-24-8-4-2-5-9-24/h2-11,13-20,23,33H,12,21-22H2,1H3,(H,34,39)(H,35,37)(H,36,38). The van der Waals surface area contributed by atoms with E-state index in [9.17, 15) is 14.4 Å². The highest BCUT2D eigenvalue weighted by Crippen LogP contribution is 2.16. The van der Waals surface area contributed by atoms with Gasteiger partial charge in [-0.15, -0.1) is 0 Å². The average Bonchev–Trinajstić information content (AvgIpc) is 2.97. The fraction of sp³-hybridized carbons (Fsp3) is 0.156. The third-order valence-corrected chi connectivity index (χ3v) is 6.18. The van der Waals surface area contributed by atoms with E-state index in [0.29, 0.717) is 29.8 Å². The van der Waals surface area contributed by atoms with Crippen molar-refractivity contribution in [2.75, 3.05) is 22.5 Å². The normalized spacial score (nSPS) is 11.2. The van der Waals surface area contributed by atoms with Crippen LogP contribution in [0.5, 0.6) is 0 Å². The largest absolute Gasteiger partial charge is 0.376 e. The summed E-state index contributed by atoms with van der Waals surface area (Å²) in [4.78, 5) is 37.2. The second kappa shape index (κ2) is 13.6. The van der Waals surface area contributed by atoms with Gasteiger partial charge in [-0.2, -0.15) is 0 Å². The molecule has 0 aromatic heterocycles. The maximum atomic E-state index is 12.6. The fourth-order valence-electron chi connectivity index (χ4n) is 3.99. The summed E-state index contributed by atoms with van der Waals surface area (Å²) in [6.07, 6.45) is 1.07. The number of carbonyl (C=O) groups is 3. The predicted octanol–water partition coefficient (Wildman–Crippen LogP) is 5.80. The van der Waals surface area contributed by atoms with Crippen molar-refractivity contribution >= 4 is 34.8 Å². The van der Waals surface area contributed by atoms with Crippen molar-refractivity contribution in [3.05, 3.63) is 126 Å². The van der Waals surface area contributed by atoms with E-state index >= 15 is 0 Å². The number of aryl methyl sites for hydroxylation is 1. The third kappa shape index (κ3) is 8.57. The second-order valence-corrected chi connectivity index (χ2v) is 9.20. The van der Waals surface area contributed by atoms with E-state index in [1.54, 1.807) is 48.5 Å². The van der Waals surface area contributed by atoms with Gasteiger partial charge in [-0.3, -0.25) is 14.4 Å². The molecule has 4 N–H and O–H groups in total. The number of benzene rings is 4. The van der Waals surface area contributed by atoms with E-state index < -0.39 is 0 Å². The Morgan fingerprint density at radius 3 is 1.79 bits per heavy atom. The van der Waals surface area contributed by atoms with Crippen LogP contribution in [0.1, 0.15) is 40.9 Å². The minimum absolute atomic E-state index is 0.0611. The van der Waals surface area contributed by atoms with Crippen LogP contribution >= 0.6 is 0 Å². The monoisotopic (exact) mass is 520 g/mol. The number of hydrogen-bond donors (Lipinski definition) is 4. The summed E-state index contributed by atoms with van der Waals surface area (Å²) < 4.78 is 0. The summed E-state index contributed by atoms with van der Waals surface area (Å²) in [5.41, 5.74) is 4.73. The third-order valence-electron chi connectivity index (χ3n) is 6.18. The van der Waals surface area contributed by atoms with Gasteiger partial charge < -0.3 is 21.3 Å². The quantitative estimate of drug-likeness (QED) is 0.201. The molecule has 39 heavy (non-hydrogen) atoms. The smallest absolute Gasteiger partial charge is 0.251 e. The first kappa shape index (κ1) is 27.1. The molecule has 0 aliphatic heterocycles. The van der Waals surface area contributed by atoms with Gasteiger partial charge >= 0.3 is 0 Å². The molecule has 0 spiro atoms. The topological polar surface area (TPSA) is 99.3 Å². The summed E-state index contributed by atoms with van der Waals surface area (Å²) in [6, 6.07) is 33.5. The molecule has 0 heterocycles. The van der Waals surface area contributed by atoms with Crippen molar-refractivity contribution in [3.63, 3.8) is 0 Å². The van der Waals surface area contributed by atoms with Gasteiger partial charge in [0, 0.05) is 29.0 Å². The fourth-order valence-corrected chi connectivity index (χ4v) is 3.99. The molecule has 0 saturated carbocycles. The van der Waals surface area contributed by atoms with Crippen LogP contribution in [-0.2, 0) is 16.0 Å². The molecule has 7 nitrogen and oxygen atoms in total. The molecule has 1 atom stereocenters. The zero-order valence-corrected chi connectivity index (χ0v) is 21.8. The highest BCUT2D eigenvalue weighted by Gasteiger charge is 2.11. The van der Waals surface area contributed by atoms with Crippen LogP contribution in [0, 0.1) is 0 Å². The van der Waals surface area contributed by atoms with E-state index in [-0.39, 0.29) is 30.3 Å². The first-order valence-electron chi connectivity index (χ1n) is 12.9. The highest BCUT2D eigenvalue weighted by molar-refractivity contribution is 5.96. The molecule has 4 rings (SSSR count). The molecular formula is C32H32N4O3. The zero-order chi connectivity index (χ0) is 27.5. The molecule has 0 fully saturated rings. The van der Waals surface area contributed by atoms with Crippen molar-refractivity contribution < 1.29 is 14.4 Å². The molecule has 3 amide bonds. The Labute approximate surface area is 228 Å². The Hall–Kier alpha value is -4.91. The van der Waals surface area contributed by atoms with Gasteiger partial charge in [0.05, 0.1) is 12.6 Å². The first-order chi connectivity index (χ1) is 19.0. The van der Waals surface area contributed by atoms with Gasteiger partial charge in [0.2, 0.25) is 11.8 Å². The molecule has 7 heteroatoms. The Morgan fingerprint density at radius 2 is 1.18 bits per heavy atom. The lowest BCUT2D eigenvalue weighted by Gasteiger charge is -2.14. The second-order valence-electron chi connectivity index (χ2n) is 9.20. The van der Waals surface area contributed by atoms with Crippen molar-refractivity contribution in [2.24, 2.45) is 0 Å². The minimum Gasteiger partial charge on any atom is -0.376 e. The van der Waals surface area contributed by atoms with Gasteiger partial charge in [-0.05, 0) is 73.0 Å². The Balaban J connectivity index is 1.18. The number of anilines is 3. The Bertz CT molecular complexity index is 1370. The van der Waals surface area contributed by atoms with Crippen molar-refractivity contribution in [2.45, 2.75) is 25.8 Å². The van der Waals surface area contributed by atoms with Crippen LogP contribution in [0.3, 0.4) is 0 Å². The van der Waals surface area contributed by atoms with E-state index in [2.05, 4.69) is 21.3 Å². The summed E-state index contributed by atoms with van der Waals surface area (Å²) >= 11 is 0. The highest BCUT2D eigenvalue weighted by atomic mass is 16.2. The lowest BCUT2D eigenvalue weighted by Crippen LogP contribution is -2.26. The SMILES string of the molecule is CC(NC(=O)c1ccc(NCC(=O)Nc2ccc(NC(=O)CCc3ccccc3)cc2)cc1)c1ccccc1. The van der Waals surface area contributed by atoms with Gasteiger partial charge in [-0.1, -0.05) is 60.7 Å². The molecule has 1 unspecified atom stereocenters. The maximum absolute atomic E-state index is 12.6. The van der Waals surface area contributed by atoms with Gasteiger partial charge in [0.1, 0.15) is 0 Å². The summed E-state index contributed by atoms with van der Waals surface area (Å²) in [5.74, 6) is -0.436. The molecule has 198 valence electrons. The molecule has 4 aromatic carbocycles. The van der Waals surface area contributed by atoms with Crippen molar-refractivity contribution in [1.82, 2.24) is 5.32 Å². The van der Waals surface area contributed by atoms with Crippen LogP contribution in [0.4, 0.5) is 17.1 Å². The summed E-state index contributed by atoms with van der Waals surface area (Å²) in [5, 5.41) is 11.8. The van der Waals surface area contributed by atoms with Crippen LogP contribution in [0.25, 0.3) is 0 Å². The molecule has 4 aromatic rings. The number of nitrogens with one attached hydrogen (secondary N) is 4. The summed E-state index contributed by atoms with van der Waals surface area (Å²) in [6.45, 7) is 2.01. The molecule has 0 radical (unpaired) electrons. The van der Waals surface area contributed by atoms with Crippen molar-refractivity contribution in [1.29, 1.82) is 0 Å². The van der Waals surface area contributed by atoms with Crippen LogP contribution in [-0.4, -0.2) is 24.3 Å². The number of amides is 3. The van der Waals surface area contributed by atoms with Crippen molar-refractivity contribution in [3.8, 4) is 0 Å². The Kier molecular flexibility index (Phi) is 9.45. The van der Waals surface area contributed by atoms with Crippen LogP contribution in [0.2, 0.25) is 0 Å². The molecular weight excluding hydrogens is 488 g/mol. The van der Waals surface area contributed by atoms with Gasteiger partial charge in [-0.25, -0.2) is 0 Å². The molecule has 0 aliphatic carbocycles. The lowest BCUT2D eigenvalue weighted by atomic mass is 10.1. The number of rotatable bonds is 11. The number of carbonyl (C=O) groups excluding carboxylic acids is 3. The molecule has 0 saturated heterocycles. The van der Waals surface area contributed by atoms with E-state index in [1.165, 1.54) is 0 Å². The summed E-state index contributed by atoms with van der Waals surface area (Å²) in [7, 11) is 0. The average molecular weight is 521 g/mol. The van der Waals surface area contributed by atoms with E-state index in [1.807, 2.05) is 67.6 Å². The zero-order valence-electron chi connectivity index (χ0n) is 21.8. The minimum atomic E-state index is -0.215. The molecule has 0 aliphatic rings. The first-order valence-corrected chi connectivity index (χ1v) is 12.9. The molecule has 0 bridgehead atoms. The predicted molar refractivity (Wildman–Crippen MR) is 156 cm³/mol. The van der Waals surface area contributed by atoms with Gasteiger partial charge in [0.25, 0.3) is 5.91 Å². The number of hydrogen-bond acceptors (Lipinski definition) is 4. The van der Waals surface area contributed by atoms with E-state index in [4.69, 9.17) is 0 Å².